The number of anilines is 1. The number of carbonyl (C=O) groups is 2. The zero-order valence-electron chi connectivity index (χ0n) is 20.5. The minimum absolute atomic E-state index is 0.243. The van der Waals surface area contributed by atoms with Crippen LogP contribution in [-0.4, -0.2) is 44.2 Å². The topological polar surface area (TPSA) is 79.9 Å². The van der Waals surface area contributed by atoms with Crippen molar-refractivity contribution in [1.29, 1.82) is 0 Å². The van der Waals surface area contributed by atoms with Crippen molar-refractivity contribution in [2.75, 3.05) is 19.1 Å². The summed E-state index contributed by atoms with van der Waals surface area (Å²) in [6.07, 6.45) is -0.563. The predicted octanol–water partition coefficient (Wildman–Crippen LogP) is 4.33. The van der Waals surface area contributed by atoms with E-state index in [1.807, 2.05) is 55.5 Å². The Labute approximate surface area is 213 Å². The highest BCUT2D eigenvalue weighted by Gasteiger charge is 2.38. The van der Waals surface area contributed by atoms with Crippen molar-refractivity contribution in [1.82, 2.24) is 10.6 Å². The van der Waals surface area contributed by atoms with E-state index >= 15 is 0 Å². The number of likely N-dealkylation sites (N-methyl/N-ethyl adjacent to an activating group) is 1. The first-order chi connectivity index (χ1) is 16.7. The number of aryl methyl sites for hydroxylation is 1. The van der Waals surface area contributed by atoms with Crippen LogP contribution in [0.5, 0.6) is 11.5 Å². The summed E-state index contributed by atoms with van der Waals surface area (Å²) in [5.41, 5.74) is 2.55. The van der Waals surface area contributed by atoms with Crippen LogP contribution in [0.3, 0.4) is 0 Å². The molecule has 0 unspecified atom stereocenters. The average Bonchev–Trinajstić information content (AvgIpc) is 2.93. The van der Waals surface area contributed by atoms with E-state index in [4.69, 9.17) is 9.47 Å². The second kappa shape index (κ2) is 10.3. The number of amides is 2. The molecule has 0 bridgehead atoms. The molecule has 3 atom stereocenters. The van der Waals surface area contributed by atoms with E-state index < -0.39 is 18.2 Å². The highest BCUT2D eigenvalue weighted by atomic mass is 79.9. The third-order valence-electron chi connectivity index (χ3n) is 6.43. The Morgan fingerprint density at radius 2 is 1.97 bits per heavy atom. The van der Waals surface area contributed by atoms with E-state index in [0.717, 1.165) is 26.4 Å². The van der Waals surface area contributed by atoms with Crippen LogP contribution in [0.1, 0.15) is 25.0 Å². The molecule has 35 heavy (non-hydrogen) atoms. The Kier molecular flexibility index (Phi) is 7.33. The molecule has 2 amide bonds. The van der Waals surface area contributed by atoms with Crippen LogP contribution in [-0.2, 0) is 16.1 Å². The molecule has 1 aliphatic heterocycles. The number of benzene rings is 3. The Balaban J connectivity index is 1.83. The second-order valence-electron chi connectivity index (χ2n) is 8.83. The summed E-state index contributed by atoms with van der Waals surface area (Å²) in [5, 5.41) is 7.82. The van der Waals surface area contributed by atoms with Crippen molar-refractivity contribution in [3.63, 3.8) is 0 Å². The number of rotatable bonds is 6. The number of nitrogens with zero attached hydrogens (tertiary/aromatic N) is 1. The maximum Gasteiger partial charge on any atom is 0.253 e. The third-order valence-corrected chi connectivity index (χ3v) is 6.92. The Morgan fingerprint density at radius 1 is 1.20 bits per heavy atom. The molecule has 184 valence electrons. The molecule has 8 heteroatoms. The lowest BCUT2D eigenvalue weighted by molar-refractivity contribution is -0.130. The molecular weight excluding hydrogens is 510 g/mol. The lowest BCUT2D eigenvalue weighted by Crippen LogP contribution is -2.56. The van der Waals surface area contributed by atoms with Gasteiger partial charge in [-0.2, -0.15) is 0 Å². The molecule has 3 aromatic carbocycles. The summed E-state index contributed by atoms with van der Waals surface area (Å²) in [6, 6.07) is 14.4. The zero-order chi connectivity index (χ0) is 25.3. The molecule has 1 aliphatic rings. The van der Waals surface area contributed by atoms with E-state index in [1.165, 1.54) is 0 Å². The normalized spacial score (nSPS) is 18.5. The maximum absolute atomic E-state index is 14.0. The molecule has 4 rings (SSSR count). The van der Waals surface area contributed by atoms with Gasteiger partial charge in [0, 0.05) is 10.0 Å². The molecule has 0 aliphatic carbocycles. The molecular formula is C27H30BrN3O4. The number of ether oxygens (including phenoxy) is 2. The van der Waals surface area contributed by atoms with Gasteiger partial charge in [0.05, 0.1) is 25.4 Å². The van der Waals surface area contributed by atoms with Crippen LogP contribution in [0.15, 0.2) is 53.0 Å². The van der Waals surface area contributed by atoms with E-state index in [1.54, 1.807) is 32.9 Å². The second-order valence-corrected chi connectivity index (χ2v) is 9.74. The van der Waals surface area contributed by atoms with Crippen LogP contribution < -0.4 is 25.0 Å². The lowest BCUT2D eigenvalue weighted by Gasteiger charge is -2.28. The van der Waals surface area contributed by atoms with Crippen LogP contribution in [0.25, 0.3) is 10.8 Å². The lowest BCUT2D eigenvalue weighted by atomic mass is 10.0. The van der Waals surface area contributed by atoms with Gasteiger partial charge in [-0.15, -0.1) is 0 Å². The van der Waals surface area contributed by atoms with Crippen LogP contribution in [0.4, 0.5) is 5.69 Å². The third kappa shape index (κ3) is 4.99. The van der Waals surface area contributed by atoms with Crippen molar-refractivity contribution in [3.8, 4) is 11.5 Å². The number of carbonyl (C=O) groups excluding carboxylic acids is 2. The van der Waals surface area contributed by atoms with Gasteiger partial charge in [0.15, 0.2) is 0 Å². The summed E-state index contributed by atoms with van der Waals surface area (Å²) >= 11 is 3.54. The molecule has 2 N–H and O–H groups in total. The van der Waals surface area contributed by atoms with Crippen LogP contribution in [0, 0.1) is 6.92 Å². The first-order valence-corrected chi connectivity index (χ1v) is 12.3. The van der Waals surface area contributed by atoms with Crippen molar-refractivity contribution < 1.29 is 19.1 Å². The molecule has 3 aromatic rings. The Morgan fingerprint density at radius 3 is 2.69 bits per heavy atom. The summed E-state index contributed by atoms with van der Waals surface area (Å²) < 4.78 is 12.9. The fourth-order valence-corrected chi connectivity index (χ4v) is 4.68. The molecule has 0 saturated heterocycles. The molecule has 7 nitrogen and oxygen atoms in total. The summed E-state index contributed by atoms with van der Waals surface area (Å²) in [4.78, 5) is 28.4. The molecule has 0 fully saturated rings. The average molecular weight is 540 g/mol. The van der Waals surface area contributed by atoms with Crippen molar-refractivity contribution in [2.45, 2.75) is 45.5 Å². The first kappa shape index (κ1) is 25.0. The number of methoxy groups -OCH3 is 1. The molecule has 0 saturated carbocycles. The fourth-order valence-electron chi connectivity index (χ4n) is 4.30. The van der Waals surface area contributed by atoms with Gasteiger partial charge < -0.3 is 25.0 Å². The Bertz CT molecular complexity index is 1280. The predicted molar refractivity (Wildman–Crippen MR) is 141 cm³/mol. The van der Waals surface area contributed by atoms with Crippen molar-refractivity contribution >= 4 is 44.2 Å². The number of hydrogen-bond acceptors (Lipinski definition) is 5. The van der Waals surface area contributed by atoms with Crippen LogP contribution in [0.2, 0.25) is 0 Å². The first-order valence-electron chi connectivity index (χ1n) is 11.5. The number of hydrogen-bond donors (Lipinski definition) is 2. The van der Waals surface area contributed by atoms with Gasteiger partial charge in [-0.3, -0.25) is 9.59 Å². The summed E-state index contributed by atoms with van der Waals surface area (Å²) in [5.74, 6) is 0.777. The smallest absolute Gasteiger partial charge is 0.253 e. The van der Waals surface area contributed by atoms with Gasteiger partial charge in [0.2, 0.25) is 5.91 Å². The quantitative estimate of drug-likeness (QED) is 0.487. The van der Waals surface area contributed by atoms with Crippen molar-refractivity contribution in [3.05, 3.63) is 64.1 Å². The van der Waals surface area contributed by atoms with E-state index in [0.29, 0.717) is 17.2 Å². The van der Waals surface area contributed by atoms with Gasteiger partial charge in [0.1, 0.15) is 23.6 Å². The van der Waals surface area contributed by atoms with Gasteiger partial charge in [-0.05, 0) is 74.5 Å². The standard InChI is InChI=1S/C27H30BrN3O4/c1-15-6-10-22-24(12-15)35-17(3)25(30-26(32)16(2)29-4)27(33)31(22)14-21-20-9-8-19(28)13-18(20)7-11-23(21)34-5/h6-13,16-17,25,29H,14H2,1-5H3,(H,30,32)/t16-,17-,25-/m0/s1. The van der Waals surface area contributed by atoms with Gasteiger partial charge in [-0.1, -0.05) is 34.1 Å². The van der Waals surface area contributed by atoms with Crippen LogP contribution >= 0.6 is 15.9 Å². The van der Waals surface area contributed by atoms with E-state index in [-0.39, 0.29) is 18.4 Å². The largest absolute Gasteiger partial charge is 0.496 e. The highest BCUT2D eigenvalue weighted by molar-refractivity contribution is 9.10. The minimum atomic E-state index is -0.860. The number of fused-ring (bicyclic) bond motifs is 2. The Hall–Kier alpha value is -3.10. The zero-order valence-corrected chi connectivity index (χ0v) is 22.1. The monoisotopic (exact) mass is 539 g/mol. The van der Waals surface area contributed by atoms with Crippen molar-refractivity contribution in [2.24, 2.45) is 0 Å². The molecule has 0 spiro atoms. The van der Waals surface area contributed by atoms with Gasteiger partial charge in [0.25, 0.3) is 5.91 Å². The SMILES string of the molecule is CN[C@@H](C)C(=O)N[C@@H]1C(=O)N(Cc2c(OC)ccc3cc(Br)ccc23)c2ccc(C)cc2O[C@H]1C. The number of halogens is 1. The highest BCUT2D eigenvalue weighted by Crippen LogP contribution is 2.38. The molecule has 0 radical (unpaired) electrons. The van der Waals surface area contributed by atoms with Gasteiger partial charge >= 0.3 is 0 Å². The molecule has 0 aromatic heterocycles. The maximum atomic E-state index is 14.0. The van der Waals surface area contributed by atoms with Gasteiger partial charge in [-0.25, -0.2) is 0 Å². The minimum Gasteiger partial charge on any atom is -0.496 e. The number of nitrogens with one attached hydrogen (secondary N) is 2. The van der Waals surface area contributed by atoms with E-state index in [9.17, 15) is 9.59 Å². The summed E-state index contributed by atoms with van der Waals surface area (Å²) in [6.45, 7) is 5.78. The molecule has 1 heterocycles. The summed E-state index contributed by atoms with van der Waals surface area (Å²) in [7, 11) is 3.33. The fraction of sp³-hybridized carbons (Fsp3) is 0.333. The van der Waals surface area contributed by atoms with E-state index in [2.05, 4.69) is 26.6 Å².